The van der Waals surface area contributed by atoms with Gasteiger partial charge in [-0.25, -0.2) is 0 Å². The predicted molar refractivity (Wildman–Crippen MR) is 295 cm³/mol. The van der Waals surface area contributed by atoms with Gasteiger partial charge in [0.15, 0.2) is 0 Å². The normalized spacial score (nSPS) is 17.5. The van der Waals surface area contributed by atoms with Crippen LogP contribution in [-0.4, -0.2) is 5.54 Å². The molecule has 3 aliphatic carbocycles. The van der Waals surface area contributed by atoms with Gasteiger partial charge in [-0.3, -0.25) is 0 Å². The molecule has 67 heavy (non-hydrogen) atoms. The Kier molecular flexibility index (Phi) is 12.9. The number of halogens is 1. The first-order valence-electron chi connectivity index (χ1n) is 24.7. The van der Waals surface area contributed by atoms with Crippen LogP contribution < -0.4 is 14.7 Å². The fourth-order valence-corrected chi connectivity index (χ4v) is 10.9. The number of fused-ring (bicyclic) bond motifs is 1. The molecule has 0 heterocycles. The van der Waals surface area contributed by atoms with Gasteiger partial charge in [0.1, 0.15) is 0 Å². The van der Waals surface area contributed by atoms with Crippen molar-refractivity contribution in [1.29, 1.82) is 0 Å². The molecule has 2 bridgehead atoms. The van der Waals surface area contributed by atoms with Gasteiger partial charge in [0, 0.05) is 32.9 Å². The van der Waals surface area contributed by atoms with Gasteiger partial charge in [-0.1, -0.05) is 144 Å². The second-order valence-corrected chi connectivity index (χ2v) is 25.3. The fourth-order valence-electron chi connectivity index (χ4n) is 10.4. The third-order valence-electron chi connectivity index (χ3n) is 14.8. The van der Waals surface area contributed by atoms with E-state index in [1.54, 1.807) is 0 Å². The molecule has 3 saturated carbocycles. The van der Waals surface area contributed by atoms with Gasteiger partial charge >= 0.3 is 0 Å². The monoisotopic (exact) mass is 954 g/mol. The lowest BCUT2D eigenvalue weighted by molar-refractivity contribution is 0.294. The van der Waals surface area contributed by atoms with Crippen molar-refractivity contribution >= 4 is 61.4 Å². The van der Waals surface area contributed by atoms with E-state index in [2.05, 4.69) is 274 Å². The molecule has 0 spiro atoms. The molecule has 4 heteroatoms. The number of hydrogen-bond donors (Lipinski definition) is 0. The Morgan fingerprint density at radius 3 is 1.21 bits per heavy atom. The van der Waals surface area contributed by atoms with Crippen molar-refractivity contribution in [2.75, 3.05) is 14.7 Å². The maximum Gasteiger partial charge on any atom is 0.0603 e. The second kappa shape index (κ2) is 17.8. The van der Waals surface area contributed by atoms with Gasteiger partial charge in [-0.05, 0) is 195 Å². The van der Waals surface area contributed by atoms with E-state index >= 15 is 0 Å². The molecular weight excluding hydrogens is 879 g/mol. The number of benzene rings is 6. The van der Waals surface area contributed by atoms with E-state index in [0.29, 0.717) is 5.92 Å². The molecule has 6 aromatic carbocycles. The zero-order valence-electron chi connectivity index (χ0n) is 43.1. The molecule has 6 aromatic rings. The van der Waals surface area contributed by atoms with Crippen LogP contribution in [0.4, 0.5) is 45.5 Å². The summed E-state index contributed by atoms with van der Waals surface area (Å²) in [7, 11) is 0. The quantitative estimate of drug-likeness (QED) is 0.120. The molecule has 350 valence electrons. The summed E-state index contributed by atoms with van der Waals surface area (Å²) in [5.74, 6) is 2.44. The number of nitrogens with zero attached hydrogens (tertiary/aromatic N) is 3. The SMILES string of the molecule is C=CC(C)(C)N(c1ccc(C2CC3CC2C3)cc1)c1cc(N(c2ccc(C(C)(C)C)cc2)c2ccc(C(C)(C)C)cc2)cc(N(c2ccc(C(C)(C)C)cc2)c2ccc(C(C)(C)C)cc2Br)c1. The predicted octanol–water partition coefficient (Wildman–Crippen LogP) is 19.2. The van der Waals surface area contributed by atoms with Gasteiger partial charge in [0.05, 0.1) is 22.6 Å². The lowest BCUT2D eigenvalue weighted by Crippen LogP contribution is -2.38. The van der Waals surface area contributed by atoms with Gasteiger partial charge in [-0.2, -0.15) is 0 Å². The molecular formula is C63H76BrN3. The molecule has 0 N–H and O–H groups in total. The number of hydrogen-bond acceptors (Lipinski definition) is 3. The Balaban J connectivity index is 1.41. The average Bonchev–Trinajstić information content (AvgIpc) is 3.87. The fraction of sp³-hybridized carbons (Fsp3) is 0.397. The van der Waals surface area contributed by atoms with Gasteiger partial charge in [0.25, 0.3) is 0 Å². The summed E-state index contributed by atoms with van der Waals surface area (Å²) in [5, 5.41) is 0. The highest BCUT2D eigenvalue weighted by Crippen LogP contribution is 2.57. The molecule has 1 atom stereocenters. The number of rotatable bonds is 11. The third kappa shape index (κ3) is 10.1. The third-order valence-corrected chi connectivity index (χ3v) is 15.4. The standard InChI is InChI=1S/C63H76BrN3/c1-16-63(14,15)67(52-26-17-43(18-27-52)56-37-42-35-44(56)36-42)55-40-53(65(49-28-19-45(20-29-49)59(2,3)4)50-30-21-46(22-31-50)60(5,6)7)39-54(41-55)66(51-32-23-47(24-33-51)61(8,9)10)58-34-25-48(38-57(58)64)62(11,12)13/h16-34,38-42,44,56H,1,35-37H2,2-15H3. The first kappa shape index (κ1) is 48.4. The summed E-state index contributed by atoms with van der Waals surface area (Å²) in [6.07, 6.45) is 6.23. The molecule has 0 radical (unpaired) electrons. The van der Waals surface area contributed by atoms with E-state index in [9.17, 15) is 0 Å². The molecule has 3 fully saturated rings. The Morgan fingerprint density at radius 1 is 0.433 bits per heavy atom. The average molecular weight is 955 g/mol. The highest BCUT2D eigenvalue weighted by molar-refractivity contribution is 9.10. The molecule has 0 amide bonds. The summed E-state index contributed by atoms with van der Waals surface area (Å²) < 4.78 is 1.04. The zero-order chi connectivity index (χ0) is 48.4. The van der Waals surface area contributed by atoms with Gasteiger partial charge in [0.2, 0.25) is 0 Å². The molecule has 0 saturated heterocycles. The molecule has 0 aliphatic heterocycles. The van der Waals surface area contributed by atoms with Crippen LogP contribution in [0.15, 0.2) is 151 Å². The second-order valence-electron chi connectivity index (χ2n) is 24.4. The molecule has 3 aliphatic rings. The van der Waals surface area contributed by atoms with Crippen molar-refractivity contribution in [3.8, 4) is 0 Å². The Hall–Kier alpha value is -5.06. The van der Waals surface area contributed by atoms with Gasteiger partial charge in [-0.15, -0.1) is 6.58 Å². The van der Waals surface area contributed by atoms with Crippen LogP contribution in [0.3, 0.4) is 0 Å². The zero-order valence-corrected chi connectivity index (χ0v) is 44.6. The summed E-state index contributed by atoms with van der Waals surface area (Å²) in [6.45, 7) is 36.4. The van der Waals surface area contributed by atoms with E-state index in [1.807, 2.05) is 0 Å². The van der Waals surface area contributed by atoms with E-state index < -0.39 is 5.54 Å². The van der Waals surface area contributed by atoms with Crippen molar-refractivity contribution in [1.82, 2.24) is 0 Å². The van der Waals surface area contributed by atoms with Crippen LogP contribution >= 0.6 is 15.9 Å². The van der Waals surface area contributed by atoms with Crippen LogP contribution in [-0.2, 0) is 21.7 Å². The smallest absolute Gasteiger partial charge is 0.0603 e. The minimum absolute atomic E-state index is 0.0106. The van der Waals surface area contributed by atoms with Crippen molar-refractivity contribution in [3.05, 3.63) is 178 Å². The minimum atomic E-state index is -0.450. The van der Waals surface area contributed by atoms with Crippen molar-refractivity contribution in [2.24, 2.45) is 11.8 Å². The summed E-state index contributed by atoms with van der Waals surface area (Å²) in [5.41, 5.74) is 15.0. The minimum Gasteiger partial charge on any atom is -0.332 e. The highest BCUT2D eigenvalue weighted by Gasteiger charge is 2.44. The van der Waals surface area contributed by atoms with E-state index in [0.717, 1.165) is 61.8 Å². The molecule has 1 unspecified atom stereocenters. The van der Waals surface area contributed by atoms with Crippen LogP contribution in [0, 0.1) is 11.8 Å². The van der Waals surface area contributed by atoms with E-state index in [4.69, 9.17) is 0 Å². The summed E-state index contributed by atoms with van der Waals surface area (Å²) in [4.78, 5) is 7.38. The molecule has 0 aromatic heterocycles. The highest BCUT2D eigenvalue weighted by atomic mass is 79.9. The Labute approximate surface area is 413 Å². The van der Waals surface area contributed by atoms with Crippen LogP contribution in [0.2, 0.25) is 0 Å². The maximum atomic E-state index is 4.46. The summed E-state index contributed by atoms with van der Waals surface area (Å²) in [6, 6.07) is 51.2. The Morgan fingerprint density at radius 2 is 0.821 bits per heavy atom. The van der Waals surface area contributed by atoms with E-state index in [1.165, 1.54) is 47.1 Å². The largest absolute Gasteiger partial charge is 0.332 e. The lowest BCUT2D eigenvalue weighted by Gasteiger charge is -2.40. The van der Waals surface area contributed by atoms with Crippen LogP contribution in [0.25, 0.3) is 0 Å². The van der Waals surface area contributed by atoms with Crippen molar-refractivity contribution in [2.45, 2.75) is 149 Å². The topological polar surface area (TPSA) is 9.72 Å². The van der Waals surface area contributed by atoms with Crippen LogP contribution in [0.5, 0.6) is 0 Å². The molecule has 3 nitrogen and oxygen atoms in total. The van der Waals surface area contributed by atoms with Gasteiger partial charge < -0.3 is 14.7 Å². The first-order chi connectivity index (χ1) is 31.3. The number of anilines is 8. The van der Waals surface area contributed by atoms with Crippen LogP contribution in [0.1, 0.15) is 150 Å². The molecule has 9 rings (SSSR count). The first-order valence-corrected chi connectivity index (χ1v) is 25.5. The summed E-state index contributed by atoms with van der Waals surface area (Å²) >= 11 is 4.14. The van der Waals surface area contributed by atoms with E-state index in [-0.39, 0.29) is 21.7 Å². The lowest BCUT2D eigenvalue weighted by atomic mass is 9.81. The van der Waals surface area contributed by atoms with Crippen molar-refractivity contribution < 1.29 is 0 Å². The van der Waals surface area contributed by atoms with Crippen molar-refractivity contribution in [3.63, 3.8) is 0 Å². The maximum absolute atomic E-state index is 4.46. The Bertz CT molecular complexity index is 2630.